The number of fused-ring (bicyclic) bond motifs is 3. The fraction of sp³-hybridized carbons (Fsp3) is 0.350. The third-order valence-electron chi connectivity index (χ3n) is 5.46. The summed E-state index contributed by atoms with van der Waals surface area (Å²) >= 11 is 1.65. The van der Waals surface area contributed by atoms with Gasteiger partial charge in [-0.2, -0.15) is 10.2 Å². The molecule has 0 atom stereocenters. The number of thiazole rings is 1. The largest absolute Gasteiger partial charge is 0.352 e. The zero-order chi connectivity index (χ0) is 20.1. The van der Waals surface area contributed by atoms with Crippen molar-refractivity contribution in [1.82, 2.24) is 34.9 Å². The highest BCUT2D eigenvalue weighted by molar-refractivity contribution is 7.16. The maximum Gasteiger partial charge on any atom is 0.229 e. The summed E-state index contributed by atoms with van der Waals surface area (Å²) in [4.78, 5) is 17.1. The van der Waals surface area contributed by atoms with Crippen LogP contribution in [-0.4, -0.2) is 41.5 Å². The predicted octanol–water partition coefficient (Wildman–Crippen LogP) is 3.47. The van der Waals surface area contributed by atoms with Gasteiger partial charge in [0.2, 0.25) is 5.95 Å². The first kappa shape index (κ1) is 17.6. The summed E-state index contributed by atoms with van der Waals surface area (Å²) in [5.41, 5.74) is 4.16. The Labute approximate surface area is 177 Å². The van der Waals surface area contributed by atoms with Crippen molar-refractivity contribution in [2.75, 3.05) is 16.8 Å². The molecular weight excluding hydrogens is 398 g/mol. The van der Waals surface area contributed by atoms with Crippen molar-refractivity contribution in [3.63, 3.8) is 0 Å². The van der Waals surface area contributed by atoms with Crippen LogP contribution in [-0.2, 0) is 13.0 Å². The molecule has 1 saturated carbocycles. The van der Waals surface area contributed by atoms with E-state index in [2.05, 4.69) is 46.4 Å². The number of nitrogens with one attached hydrogen (secondary N) is 2. The molecule has 9 nitrogen and oxygen atoms in total. The Hall–Kier alpha value is -3.27. The Morgan fingerprint density at radius 1 is 1.27 bits per heavy atom. The number of aryl methyl sites for hydroxylation is 1. The van der Waals surface area contributed by atoms with Crippen molar-refractivity contribution in [2.24, 2.45) is 0 Å². The van der Waals surface area contributed by atoms with Crippen molar-refractivity contribution in [3.8, 4) is 11.3 Å². The smallest absolute Gasteiger partial charge is 0.229 e. The molecule has 1 fully saturated rings. The summed E-state index contributed by atoms with van der Waals surface area (Å²) in [6, 6.07) is 2.48. The van der Waals surface area contributed by atoms with E-state index >= 15 is 0 Å². The van der Waals surface area contributed by atoms with Crippen LogP contribution in [0.4, 0.5) is 16.9 Å². The molecule has 1 aliphatic heterocycles. The van der Waals surface area contributed by atoms with Gasteiger partial charge in [-0.3, -0.25) is 9.78 Å². The van der Waals surface area contributed by atoms with Crippen LogP contribution in [0.5, 0.6) is 0 Å². The Kier molecular flexibility index (Phi) is 4.05. The molecule has 0 radical (unpaired) electrons. The summed E-state index contributed by atoms with van der Waals surface area (Å²) < 4.78 is 2.10. The van der Waals surface area contributed by atoms with Crippen LogP contribution in [0.2, 0.25) is 0 Å². The Bertz CT molecular complexity index is 1200. The van der Waals surface area contributed by atoms with Gasteiger partial charge in [0.05, 0.1) is 29.7 Å². The molecule has 0 saturated heterocycles. The van der Waals surface area contributed by atoms with E-state index in [1.807, 2.05) is 25.4 Å². The molecule has 2 aliphatic rings. The van der Waals surface area contributed by atoms with Crippen LogP contribution in [0.1, 0.15) is 35.0 Å². The van der Waals surface area contributed by atoms with Gasteiger partial charge in [0.1, 0.15) is 5.82 Å². The van der Waals surface area contributed by atoms with Gasteiger partial charge in [-0.05, 0) is 25.8 Å². The van der Waals surface area contributed by atoms with Crippen LogP contribution in [0.25, 0.3) is 11.3 Å². The molecule has 0 spiro atoms. The lowest BCUT2D eigenvalue weighted by molar-refractivity contribution is 0.640. The number of hydrogen-bond donors (Lipinski definition) is 2. The third-order valence-corrected chi connectivity index (χ3v) is 6.49. The summed E-state index contributed by atoms with van der Waals surface area (Å²) in [6.45, 7) is 3.64. The van der Waals surface area contributed by atoms with Gasteiger partial charge in [0, 0.05) is 48.0 Å². The van der Waals surface area contributed by atoms with Crippen molar-refractivity contribution in [3.05, 3.63) is 47.0 Å². The standard InChI is InChI=1S/C20H21N9S/c1-12-4-6-21-19(24-12)26-20-25-17-15-9-22-27-18(15)28(7-5-16(17)30-20)10-13-8-23-29(11-13)14-2-3-14/h4,6,8-9,11,14H,2-3,5,7,10H2,1H3,(H,22,27)(H,21,24,25,26). The maximum absolute atomic E-state index is 4.85. The SMILES string of the molecule is Cc1ccnc(Nc2nc3c(s2)CCN(Cc2cnn(C4CC4)c2)c2[nH]ncc2-3)n1. The highest BCUT2D eigenvalue weighted by atomic mass is 32.1. The number of aromatic amines is 1. The van der Waals surface area contributed by atoms with E-state index in [1.54, 1.807) is 17.5 Å². The molecule has 0 bridgehead atoms. The fourth-order valence-corrected chi connectivity index (χ4v) is 4.77. The number of aromatic nitrogens is 7. The molecule has 10 heteroatoms. The highest BCUT2D eigenvalue weighted by Crippen LogP contribution is 2.40. The minimum absolute atomic E-state index is 0.570. The quantitative estimate of drug-likeness (QED) is 0.511. The second kappa shape index (κ2) is 6.91. The average Bonchev–Trinajstić information content (AvgIpc) is 3.14. The molecule has 1 aliphatic carbocycles. The second-order valence-electron chi connectivity index (χ2n) is 7.80. The maximum atomic E-state index is 4.85. The van der Waals surface area contributed by atoms with Crippen molar-refractivity contribution >= 4 is 28.2 Å². The van der Waals surface area contributed by atoms with E-state index in [0.717, 1.165) is 47.4 Å². The minimum atomic E-state index is 0.570. The molecule has 2 N–H and O–H groups in total. The van der Waals surface area contributed by atoms with Crippen LogP contribution in [0.3, 0.4) is 0 Å². The Morgan fingerprint density at radius 3 is 3.07 bits per heavy atom. The molecule has 0 amide bonds. The first-order valence-corrected chi connectivity index (χ1v) is 10.9. The molecular formula is C20H21N9S. The van der Waals surface area contributed by atoms with E-state index < -0.39 is 0 Å². The van der Waals surface area contributed by atoms with Gasteiger partial charge in [0.25, 0.3) is 0 Å². The minimum Gasteiger partial charge on any atom is -0.352 e. The topological polar surface area (TPSA) is 100 Å². The van der Waals surface area contributed by atoms with Crippen LogP contribution >= 0.6 is 11.3 Å². The molecule has 30 heavy (non-hydrogen) atoms. The van der Waals surface area contributed by atoms with Crippen LogP contribution in [0, 0.1) is 6.92 Å². The molecule has 152 valence electrons. The second-order valence-corrected chi connectivity index (χ2v) is 8.88. The van der Waals surface area contributed by atoms with Gasteiger partial charge < -0.3 is 10.2 Å². The third kappa shape index (κ3) is 3.22. The number of nitrogens with zero attached hydrogens (tertiary/aromatic N) is 7. The Balaban J connectivity index is 1.27. The summed E-state index contributed by atoms with van der Waals surface area (Å²) in [5, 5.41) is 16.1. The van der Waals surface area contributed by atoms with E-state index in [-0.39, 0.29) is 0 Å². The van der Waals surface area contributed by atoms with E-state index in [1.165, 1.54) is 23.3 Å². The van der Waals surface area contributed by atoms with E-state index in [0.29, 0.717) is 12.0 Å². The lowest BCUT2D eigenvalue weighted by Gasteiger charge is -2.21. The van der Waals surface area contributed by atoms with Crippen LogP contribution < -0.4 is 10.2 Å². The Morgan fingerprint density at radius 2 is 2.20 bits per heavy atom. The first-order valence-electron chi connectivity index (χ1n) is 10.1. The summed E-state index contributed by atoms with van der Waals surface area (Å²) in [6.07, 6.45) is 11.2. The number of H-pyrrole nitrogens is 1. The normalized spacial score (nSPS) is 15.6. The highest BCUT2D eigenvalue weighted by Gasteiger charge is 2.27. The lowest BCUT2D eigenvalue weighted by Crippen LogP contribution is -2.24. The summed E-state index contributed by atoms with van der Waals surface area (Å²) in [7, 11) is 0. The zero-order valence-electron chi connectivity index (χ0n) is 16.5. The van der Waals surface area contributed by atoms with Crippen molar-refractivity contribution in [1.29, 1.82) is 0 Å². The first-order chi connectivity index (χ1) is 14.7. The number of anilines is 3. The van der Waals surface area contributed by atoms with Gasteiger partial charge in [0.15, 0.2) is 5.13 Å². The van der Waals surface area contributed by atoms with Crippen molar-refractivity contribution in [2.45, 2.75) is 38.8 Å². The zero-order valence-corrected chi connectivity index (χ0v) is 17.4. The van der Waals surface area contributed by atoms with Gasteiger partial charge in [-0.1, -0.05) is 0 Å². The molecule has 5 heterocycles. The summed E-state index contributed by atoms with van der Waals surface area (Å²) in [5.74, 6) is 1.58. The molecule has 0 aromatic carbocycles. The number of hydrogen-bond acceptors (Lipinski definition) is 8. The molecule has 0 unspecified atom stereocenters. The monoisotopic (exact) mass is 419 g/mol. The van der Waals surface area contributed by atoms with Crippen molar-refractivity contribution < 1.29 is 0 Å². The molecule has 4 aromatic heterocycles. The van der Waals surface area contributed by atoms with E-state index in [4.69, 9.17) is 4.98 Å². The van der Waals surface area contributed by atoms with Crippen LogP contribution in [0.15, 0.2) is 30.9 Å². The molecule has 4 aromatic rings. The number of rotatable bonds is 5. The van der Waals surface area contributed by atoms with E-state index in [9.17, 15) is 0 Å². The molecule has 6 rings (SSSR count). The average molecular weight is 420 g/mol. The van der Waals surface area contributed by atoms with Gasteiger partial charge >= 0.3 is 0 Å². The van der Waals surface area contributed by atoms with Gasteiger partial charge in [-0.25, -0.2) is 15.0 Å². The predicted molar refractivity (Wildman–Crippen MR) is 115 cm³/mol. The lowest BCUT2D eigenvalue weighted by atomic mass is 10.2. The fourth-order valence-electron chi connectivity index (χ4n) is 3.81. The van der Waals surface area contributed by atoms with Gasteiger partial charge in [-0.15, -0.1) is 11.3 Å².